The topological polar surface area (TPSA) is 24.9 Å². The summed E-state index contributed by atoms with van der Waals surface area (Å²) in [6.07, 6.45) is 3.82. The van der Waals surface area contributed by atoms with Crippen LogP contribution in [-0.4, -0.2) is 17.3 Å². The average molecular weight is 270 g/mol. The Morgan fingerprint density at radius 3 is 3.00 bits per heavy atom. The Bertz CT molecular complexity index is 541. The summed E-state index contributed by atoms with van der Waals surface area (Å²) < 4.78 is 0. The zero-order chi connectivity index (χ0) is 13.1. The molecule has 0 saturated carbocycles. The molecule has 1 N–H and O–H groups in total. The van der Waals surface area contributed by atoms with Gasteiger partial charge in [0.05, 0.1) is 0 Å². The van der Waals surface area contributed by atoms with E-state index >= 15 is 0 Å². The molecule has 0 saturated heterocycles. The molecule has 1 aromatic carbocycles. The van der Waals surface area contributed by atoms with Gasteiger partial charge in [0.25, 0.3) is 0 Å². The molecule has 2 nitrogen and oxygen atoms in total. The Hall–Kier alpha value is -1.32. The first-order chi connectivity index (χ1) is 9.40. The van der Waals surface area contributed by atoms with E-state index < -0.39 is 0 Å². The fourth-order valence-electron chi connectivity index (χ4n) is 2.74. The van der Waals surface area contributed by atoms with Crippen LogP contribution >= 0.6 is 11.8 Å². The average Bonchev–Trinajstić information content (AvgIpc) is 2.89. The monoisotopic (exact) mass is 270 g/mol. The highest BCUT2D eigenvalue weighted by atomic mass is 32.2. The van der Waals surface area contributed by atoms with Crippen LogP contribution in [0.4, 0.5) is 0 Å². The van der Waals surface area contributed by atoms with Gasteiger partial charge >= 0.3 is 0 Å². The Labute approximate surface area is 118 Å². The largest absolute Gasteiger partial charge is 0.310 e. The summed E-state index contributed by atoms with van der Waals surface area (Å²) in [5.74, 6) is 1.68. The van der Waals surface area contributed by atoms with Crippen molar-refractivity contribution in [2.24, 2.45) is 0 Å². The summed E-state index contributed by atoms with van der Waals surface area (Å²) in [5, 5.41) is 3.63. The lowest BCUT2D eigenvalue weighted by Crippen LogP contribution is -2.27. The Kier molecular flexibility index (Phi) is 3.85. The summed E-state index contributed by atoms with van der Waals surface area (Å²) in [7, 11) is 0. The van der Waals surface area contributed by atoms with E-state index in [1.165, 1.54) is 16.0 Å². The third-order valence-electron chi connectivity index (χ3n) is 3.61. The molecule has 2 unspecified atom stereocenters. The molecule has 3 heteroatoms. The van der Waals surface area contributed by atoms with Crippen molar-refractivity contribution in [2.45, 2.75) is 23.8 Å². The maximum atomic E-state index is 4.27. The number of rotatable bonds is 4. The molecule has 3 rings (SSSR count). The first kappa shape index (κ1) is 12.7. The molecular weight excluding hydrogens is 252 g/mol. The zero-order valence-electron chi connectivity index (χ0n) is 11.0. The molecule has 19 heavy (non-hydrogen) atoms. The highest BCUT2D eigenvalue weighted by Gasteiger charge is 2.30. The van der Waals surface area contributed by atoms with Gasteiger partial charge in [-0.25, -0.2) is 0 Å². The number of nitrogens with zero attached hydrogens (tertiary/aromatic N) is 1. The van der Waals surface area contributed by atoms with Crippen LogP contribution in [0, 0.1) is 0 Å². The number of likely N-dealkylation sites (N-methyl/N-ethyl adjacent to an activating group) is 1. The molecule has 2 atom stereocenters. The molecule has 0 aliphatic carbocycles. The van der Waals surface area contributed by atoms with Crippen LogP contribution in [0.15, 0.2) is 53.7 Å². The van der Waals surface area contributed by atoms with Crippen LogP contribution in [0.25, 0.3) is 0 Å². The molecule has 0 amide bonds. The predicted molar refractivity (Wildman–Crippen MR) is 80.6 cm³/mol. The summed E-state index contributed by atoms with van der Waals surface area (Å²) in [6, 6.07) is 13.3. The number of aromatic nitrogens is 1. The fraction of sp³-hybridized carbons (Fsp3) is 0.312. The molecule has 0 spiro atoms. The van der Waals surface area contributed by atoms with Gasteiger partial charge in [0, 0.05) is 35.0 Å². The van der Waals surface area contributed by atoms with Crippen molar-refractivity contribution in [3.63, 3.8) is 0 Å². The Morgan fingerprint density at radius 2 is 2.21 bits per heavy atom. The van der Waals surface area contributed by atoms with E-state index in [2.05, 4.69) is 47.6 Å². The van der Waals surface area contributed by atoms with Gasteiger partial charge in [-0.3, -0.25) is 4.98 Å². The minimum absolute atomic E-state index is 0.356. The quantitative estimate of drug-likeness (QED) is 0.918. The van der Waals surface area contributed by atoms with E-state index in [0.29, 0.717) is 12.0 Å². The van der Waals surface area contributed by atoms with Gasteiger partial charge in [-0.15, -0.1) is 11.8 Å². The third-order valence-corrected chi connectivity index (χ3v) is 4.82. The van der Waals surface area contributed by atoms with Crippen molar-refractivity contribution in [2.75, 3.05) is 12.3 Å². The second-order valence-corrected chi connectivity index (χ2v) is 5.84. The number of hydrogen-bond donors (Lipinski definition) is 1. The van der Waals surface area contributed by atoms with Crippen molar-refractivity contribution in [3.8, 4) is 0 Å². The minimum Gasteiger partial charge on any atom is -0.310 e. The summed E-state index contributed by atoms with van der Waals surface area (Å²) in [5.41, 5.74) is 2.76. The number of fused-ring (bicyclic) bond motifs is 1. The first-order valence-electron chi connectivity index (χ1n) is 6.75. The van der Waals surface area contributed by atoms with Gasteiger partial charge < -0.3 is 5.32 Å². The lowest BCUT2D eigenvalue weighted by molar-refractivity contribution is 0.484. The van der Waals surface area contributed by atoms with E-state index in [1.54, 1.807) is 0 Å². The minimum atomic E-state index is 0.356. The second kappa shape index (κ2) is 5.76. The van der Waals surface area contributed by atoms with E-state index in [9.17, 15) is 0 Å². The summed E-state index contributed by atoms with van der Waals surface area (Å²) in [6.45, 7) is 3.14. The van der Waals surface area contributed by atoms with E-state index in [4.69, 9.17) is 0 Å². The van der Waals surface area contributed by atoms with Crippen molar-refractivity contribution in [1.82, 2.24) is 10.3 Å². The van der Waals surface area contributed by atoms with Gasteiger partial charge in [0.2, 0.25) is 0 Å². The molecule has 98 valence electrons. The number of nitrogens with one attached hydrogen (secondary N) is 1. The van der Waals surface area contributed by atoms with Crippen LogP contribution in [-0.2, 0) is 0 Å². The van der Waals surface area contributed by atoms with Gasteiger partial charge in [-0.1, -0.05) is 31.2 Å². The molecule has 1 aliphatic rings. The molecule has 2 aromatic rings. The number of hydrogen-bond acceptors (Lipinski definition) is 3. The normalized spacial score (nSPS) is 19.1. The van der Waals surface area contributed by atoms with Crippen LogP contribution < -0.4 is 5.32 Å². The van der Waals surface area contributed by atoms with Crippen molar-refractivity contribution in [3.05, 3.63) is 59.9 Å². The molecule has 1 aliphatic heterocycles. The van der Waals surface area contributed by atoms with E-state index in [-0.39, 0.29) is 0 Å². The first-order valence-corrected chi connectivity index (χ1v) is 7.73. The van der Waals surface area contributed by atoms with Crippen LogP contribution in [0.5, 0.6) is 0 Å². The zero-order valence-corrected chi connectivity index (χ0v) is 11.9. The van der Waals surface area contributed by atoms with Crippen molar-refractivity contribution >= 4 is 11.8 Å². The molecular formula is C16H18N2S. The van der Waals surface area contributed by atoms with Gasteiger partial charge in [-0.05, 0) is 29.8 Å². The van der Waals surface area contributed by atoms with Gasteiger partial charge in [0.15, 0.2) is 0 Å². The number of pyridine rings is 1. The third kappa shape index (κ3) is 2.53. The standard InChI is InChI=1S/C16H18N2S/c1-2-18-16(12-6-5-9-17-10-12)14-11-19-15-8-4-3-7-13(14)15/h3-10,14,16,18H,2,11H2,1H3. The maximum absolute atomic E-state index is 4.27. The molecule has 1 aromatic heterocycles. The fourth-order valence-corrected chi connectivity index (χ4v) is 4.03. The van der Waals surface area contributed by atoms with Crippen LogP contribution in [0.3, 0.4) is 0 Å². The Balaban J connectivity index is 1.94. The van der Waals surface area contributed by atoms with E-state index in [1.807, 2.05) is 30.2 Å². The number of benzene rings is 1. The summed E-state index contributed by atoms with van der Waals surface area (Å²) in [4.78, 5) is 5.70. The lowest BCUT2D eigenvalue weighted by Gasteiger charge is -2.25. The van der Waals surface area contributed by atoms with Crippen molar-refractivity contribution < 1.29 is 0 Å². The molecule has 0 fully saturated rings. The van der Waals surface area contributed by atoms with Crippen LogP contribution in [0.2, 0.25) is 0 Å². The second-order valence-electron chi connectivity index (χ2n) is 4.78. The Morgan fingerprint density at radius 1 is 1.32 bits per heavy atom. The van der Waals surface area contributed by atoms with Crippen LogP contribution in [0.1, 0.15) is 30.0 Å². The lowest BCUT2D eigenvalue weighted by atomic mass is 9.89. The SMILES string of the molecule is CCNC(c1cccnc1)C1CSc2ccccc21. The van der Waals surface area contributed by atoms with Crippen molar-refractivity contribution in [1.29, 1.82) is 0 Å². The molecule has 0 radical (unpaired) electrons. The number of thioether (sulfide) groups is 1. The summed E-state index contributed by atoms with van der Waals surface area (Å²) >= 11 is 1.96. The van der Waals surface area contributed by atoms with Gasteiger partial charge in [0.1, 0.15) is 0 Å². The highest BCUT2D eigenvalue weighted by molar-refractivity contribution is 7.99. The van der Waals surface area contributed by atoms with E-state index in [0.717, 1.165) is 12.3 Å². The highest BCUT2D eigenvalue weighted by Crippen LogP contribution is 2.45. The predicted octanol–water partition coefficient (Wildman–Crippen LogP) is 3.62. The maximum Gasteiger partial charge on any atom is 0.0413 e. The molecule has 0 bridgehead atoms. The van der Waals surface area contributed by atoms with Gasteiger partial charge in [-0.2, -0.15) is 0 Å². The smallest absolute Gasteiger partial charge is 0.0413 e. The molecule has 2 heterocycles.